The first-order valence-corrected chi connectivity index (χ1v) is 5.36. The van der Waals surface area contributed by atoms with Crippen molar-refractivity contribution in [2.24, 2.45) is 0 Å². The van der Waals surface area contributed by atoms with Crippen LogP contribution in [0.2, 0.25) is 0 Å². The lowest BCUT2D eigenvalue weighted by molar-refractivity contribution is -0.145. The van der Waals surface area contributed by atoms with Crippen LogP contribution in [-0.2, 0) is 9.53 Å². The standard InChI is InChI=1S/C10H17NO3/c12-9-4-1-5-11(10(9)13)7-8-3-2-6-14-8/h8-9,12H,1-7H2. The van der Waals surface area contributed by atoms with Gasteiger partial charge in [0.2, 0.25) is 0 Å². The zero-order valence-corrected chi connectivity index (χ0v) is 8.32. The number of hydrogen-bond donors (Lipinski definition) is 1. The number of ether oxygens (including phenoxy) is 1. The van der Waals surface area contributed by atoms with Crippen LogP contribution < -0.4 is 0 Å². The summed E-state index contributed by atoms with van der Waals surface area (Å²) in [6, 6.07) is 0. The quantitative estimate of drug-likeness (QED) is 0.688. The first-order valence-electron chi connectivity index (χ1n) is 5.36. The van der Waals surface area contributed by atoms with E-state index in [1.807, 2.05) is 0 Å². The first-order chi connectivity index (χ1) is 6.77. The average molecular weight is 199 g/mol. The second-order valence-corrected chi connectivity index (χ2v) is 4.08. The molecule has 0 bridgehead atoms. The van der Waals surface area contributed by atoms with E-state index in [9.17, 15) is 9.90 Å². The molecule has 4 heteroatoms. The zero-order valence-electron chi connectivity index (χ0n) is 8.32. The van der Waals surface area contributed by atoms with Crippen LogP contribution in [0.1, 0.15) is 25.7 Å². The van der Waals surface area contributed by atoms with Crippen LogP contribution in [0.4, 0.5) is 0 Å². The highest BCUT2D eigenvalue weighted by molar-refractivity contribution is 5.81. The lowest BCUT2D eigenvalue weighted by Crippen LogP contribution is -2.47. The van der Waals surface area contributed by atoms with Crippen LogP contribution in [0.15, 0.2) is 0 Å². The van der Waals surface area contributed by atoms with E-state index >= 15 is 0 Å². The molecule has 4 nitrogen and oxygen atoms in total. The van der Waals surface area contributed by atoms with Gasteiger partial charge in [-0.25, -0.2) is 0 Å². The third kappa shape index (κ3) is 2.07. The Hall–Kier alpha value is -0.610. The van der Waals surface area contributed by atoms with Crippen molar-refractivity contribution >= 4 is 5.91 Å². The van der Waals surface area contributed by atoms with Gasteiger partial charge in [-0.3, -0.25) is 4.79 Å². The minimum absolute atomic E-state index is 0.119. The molecule has 0 aromatic rings. The van der Waals surface area contributed by atoms with E-state index in [0.717, 1.165) is 32.4 Å². The molecule has 1 amide bonds. The van der Waals surface area contributed by atoms with Crippen LogP contribution in [0, 0.1) is 0 Å². The summed E-state index contributed by atoms with van der Waals surface area (Å²) >= 11 is 0. The molecule has 0 saturated carbocycles. The molecule has 80 valence electrons. The second kappa shape index (κ2) is 4.28. The Kier molecular flexibility index (Phi) is 3.03. The molecular formula is C10H17NO3. The fraction of sp³-hybridized carbons (Fsp3) is 0.900. The van der Waals surface area contributed by atoms with Gasteiger partial charge in [-0.1, -0.05) is 0 Å². The minimum atomic E-state index is -0.773. The molecule has 0 spiro atoms. The Morgan fingerprint density at radius 1 is 1.43 bits per heavy atom. The number of hydrogen-bond acceptors (Lipinski definition) is 3. The normalized spacial score (nSPS) is 33.8. The maximum atomic E-state index is 11.5. The Balaban J connectivity index is 1.86. The van der Waals surface area contributed by atoms with Crippen molar-refractivity contribution < 1.29 is 14.6 Å². The number of nitrogens with zero attached hydrogens (tertiary/aromatic N) is 1. The number of carbonyl (C=O) groups excluding carboxylic acids is 1. The largest absolute Gasteiger partial charge is 0.383 e. The van der Waals surface area contributed by atoms with Crippen LogP contribution in [0.3, 0.4) is 0 Å². The average Bonchev–Trinajstić information content (AvgIpc) is 2.66. The molecule has 0 aromatic heterocycles. The molecule has 2 unspecified atom stereocenters. The van der Waals surface area contributed by atoms with Gasteiger partial charge in [-0.2, -0.15) is 0 Å². The van der Waals surface area contributed by atoms with E-state index in [1.165, 1.54) is 0 Å². The molecule has 2 heterocycles. The third-order valence-corrected chi connectivity index (χ3v) is 2.95. The van der Waals surface area contributed by atoms with Gasteiger partial charge in [-0.15, -0.1) is 0 Å². The Labute approximate surface area is 83.8 Å². The summed E-state index contributed by atoms with van der Waals surface area (Å²) in [7, 11) is 0. The summed E-state index contributed by atoms with van der Waals surface area (Å²) < 4.78 is 5.46. The highest BCUT2D eigenvalue weighted by atomic mass is 16.5. The third-order valence-electron chi connectivity index (χ3n) is 2.95. The predicted octanol–water partition coefficient (Wildman–Crippen LogP) is 0.149. The van der Waals surface area contributed by atoms with Gasteiger partial charge >= 0.3 is 0 Å². The van der Waals surface area contributed by atoms with E-state index in [0.29, 0.717) is 13.0 Å². The van der Waals surface area contributed by atoms with Crippen LogP contribution in [0.5, 0.6) is 0 Å². The van der Waals surface area contributed by atoms with Crippen LogP contribution >= 0.6 is 0 Å². The fourth-order valence-corrected chi connectivity index (χ4v) is 2.14. The molecule has 0 radical (unpaired) electrons. The summed E-state index contributed by atoms with van der Waals surface area (Å²) in [5, 5.41) is 9.39. The van der Waals surface area contributed by atoms with Crippen molar-refractivity contribution in [1.29, 1.82) is 0 Å². The summed E-state index contributed by atoms with van der Waals surface area (Å²) in [5.74, 6) is -0.119. The van der Waals surface area contributed by atoms with E-state index in [-0.39, 0.29) is 12.0 Å². The summed E-state index contributed by atoms with van der Waals surface area (Å²) in [6.45, 7) is 2.25. The summed E-state index contributed by atoms with van der Waals surface area (Å²) in [6.07, 6.45) is 3.07. The van der Waals surface area contributed by atoms with Crippen molar-refractivity contribution in [3.63, 3.8) is 0 Å². The number of aliphatic hydroxyl groups excluding tert-OH is 1. The van der Waals surface area contributed by atoms with Crippen molar-refractivity contribution in [1.82, 2.24) is 4.90 Å². The van der Waals surface area contributed by atoms with Gasteiger partial charge in [0, 0.05) is 19.7 Å². The highest BCUT2D eigenvalue weighted by Gasteiger charge is 2.29. The van der Waals surface area contributed by atoms with E-state index in [1.54, 1.807) is 4.90 Å². The van der Waals surface area contributed by atoms with Gasteiger partial charge in [0.1, 0.15) is 6.10 Å². The minimum Gasteiger partial charge on any atom is -0.383 e. The van der Waals surface area contributed by atoms with Gasteiger partial charge in [0.05, 0.1) is 6.10 Å². The SMILES string of the molecule is O=C1C(O)CCCN1CC1CCCO1. The van der Waals surface area contributed by atoms with Crippen molar-refractivity contribution in [3.8, 4) is 0 Å². The van der Waals surface area contributed by atoms with E-state index in [4.69, 9.17) is 4.74 Å². The molecule has 2 aliphatic rings. The molecule has 2 saturated heterocycles. The van der Waals surface area contributed by atoms with Gasteiger partial charge in [-0.05, 0) is 25.7 Å². The first kappa shape index (κ1) is 9.93. The van der Waals surface area contributed by atoms with E-state index < -0.39 is 6.10 Å². The topological polar surface area (TPSA) is 49.8 Å². The van der Waals surface area contributed by atoms with E-state index in [2.05, 4.69) is 0 Å². The molecule has 2 fully saturated rings. The van der Waals surface area contributed by atoms with Crippen LogP contribution in [0.25, 0.3) is 0 Å². The number of amides is 1. The molecule has 14 heavy (non-hydrogen) atoms. The smallest absolute Gasteiger partial charge is 0.251 e. The highest BCUT2D eigenvalue weighted by Crippen LogP contribution is 2.17. The monoisotopic (exact) mass is 199 g/mol. The summed E-state index contributed by atoms with van der Waals surface area (Å²) in [4.78, 5) is 13.3. The van der Waals surface area contributed by atoms with Gasteiger partial charge in [0.25, 0.3) is 5.91 Å². The number of likely N-dealkylation sites (tertiary alicyclic amines) is 1. The number of aliphatic hydroxyl groups is 1. The Bertz CT molecular complexity index is 213. The van der Waals surface area contributed by atoms with Crippen molar-refractivity contribution in [2.75, 3.05) is 19.7 Å². The predicted molar refractivity (Wildman–Crippen MR) is 50.8 cm³/mol. The molecule has 1 N–H and O–H groups in total. The Morgan fingerprint density at radius 3 is 3.00 bits per heavy atom. The molecule has 2 atom stereocenters. The van der Waals surface area contributed by atoms with Gasteiger partial charge in [0.15, 0.2) is 0 Å². The fourth-order valence-electron chi connectivity index (χ4n) is 2.14. The molecule has 0 aliphatic carbocycles. The number of rotatable bonds is 2. The van der Waals surface area contributed by atoms with Crippen molar-refractivity contribution in [3.05, 3.63) is 0 Å². The molecule has 2 rings (SSSR count). The zero-order chi connectivity index (χ0) is 9.97. The maximum Gasteiger partial charge on any atom is 0.251 e. The lowest BCUT2D eigenvalue weighted by atomic mass is 10.1. The second-order valence-electron chi connectivity index (χ2n) is 4.08. The lowest BCUT2D eigenvalue weighted by Gasteiger charge is -2.31. The van der Waals surface area contributed by atoms with Gasteiger partial charge < -0.3 is 14.7 Å². The molecule has 2 aliphatic heterocycles. The van der Waals surface area contributed by atoms with Crippen LogP contribution in [-0.4, -0.2) is 47.8 Å². The van der Waals surface area contributed by atoms with Crippen molar-refractivity contribution in [2.45, 2.75) is 37.9 Å². The maximum absolute atomic E-state index is 11.5. The summed E-state index contributed by atoms with van der Waals surface area (Å²) in [5.41, 5.74) is 0. The number of carbonyl (C=O) groups is 1. The Morgan fingerprint density at radius 2 is 2.29 bits per heavy atom. The molecular weight excluding hydrogens is 182 g/mol. The molecule has 0 aromatic carbocycles. The number of piperidine rings is 1.